The van der Waals surface area contributed by atoms with Crippen LogP contribution in [0.1, 0.15) is 23.3 Å². The Kier molecular flexibility index (Phi) is 6.83. The first-order chi connectivity index (χ1) is 13.0. The Morgan fingerprint density at radius 3 is 2.29 bits per heavy atom. The van der Waals surface area contributed by atoms with Crippen molar-refractivity contribution in [3.8, 4) is 11.3 Å². The van der Waals surface area contributed by atoms with Crippen molar-refractivity contribution < 1.29 is 27.9 Å². The Hall–Kier alpha value is -2.40. The SMILES string of the molecule is CN(C(=O)c1[nH]nc(-c2ccccc2)c1Br)C1CC(N)C1.O=C(O)C(F)(F)F. The van der Waals surface area contributed by atoms with Gasteiger partial charge in [-0.15, -0.1) is 0 Å². The molecule has 3 rings (SSSR count). The number of nitrogens with zero attached hydrogens (tertiary/aromatic N) is 2. The van der Waals surface area contributed by atoms with Gasteiger partial charge in [0.2, 0.25) is 0 Å². The molecule has 1 aromatic heterocycles. The van der Waals surface area contributed by atoms with Gasteiger partial charge in [0.25, 0.3) is 5.91 Å². The van der Waals surface area contributed by atoms with E-state index in [1.54, 1.807) is 4.90 Å². The van der Waals surface area contributed by atoms with E-state index in [1.165, 1.54) is 0 Å². The number of aromatic nitrogens is 2. The van der Waals surface area contributed by atoms with E-state index < -0.39 is 12.1 Å². The molecule has 0 unspecified atom stereocenters. The lowest BCUT2D eigenvalue weighted by atomic mass is 9.86. The van der Waals surface area contributed by atoms with Crippen molar-refractivity contribution in [2.24, 2.45) is 5.73 Å². The Balaban J connectivity index is 0.000000345. The standard InChI is InChI=1S/C15H17BrN4O.C2HF3O2/c1-20(11-7-10(17)8-11)15(21)14-12(16)13(18-19-14)9-5-3-2-4-6-9;3-2(4,5)1(6)7/h2-6,10-11H,7-8,17H2,1H3,(H,18,19);(H,6,7). The van der Waals surface area contributed by atoms with Crippen molar-refractivity contribution in [2.75, 3.05) is 7.05 Å². The first-order valence-electron chi connectivity index (χ1n) is 8.14. The molecule has 0 saturated heterocycles. The van der Waals surface area contributed by atoms with Crippen molar-refractivity contribution in [2.45, 2.75) is 31.1 Å². The molecule has 7 nitrogen and oxygen atoms in total. The summed E-state index contributed by atoms with van der Waals surface area (Å²) in [6.07, 6.45) is -3.36. The van der Waals surface area contributed by atoms with Crippen LogP contribution in [0.2, 0.25) is 0 Å². The number of amides is 1. The van der Waals surface area contributed by atoms with E-state index in [0.29, 0.717) is 10.2 Å². The van der Waals surface area contributed by atoms with E-state index in [2.05, 4.69) is 26.1 Å². The molecule has 1 heterocycles. The summed E-state index contributed by atoms with van der Waals surface area (Å²) in [6, 6.07) is 10.2. The second-order valence-electron chi connectivity index (χ2n) is 6.23. The van der Waals surface area contributed by atoms with Crippen LogP contribution in [0.3, 0.4) is 0 Å². The summed E-state index contributed by atoms with van der Waals surface area (Å²) >= 11 is 3.49. The molecule has 28 heavy (non-hydrogen) atoms. The molecule has 152 valence electrons. The van der Waals surface area contributed by atoms with Crippen molar-refractivity contribution in [3.63, 3.8) is 0 Å². The minimum atomic E-state index is -5.08. The van der Waals surface area contributed by atoms with Crippen LogP contribution in [0.4, 0.5) is 13.2 Å². The van der Waals surface area contributed by atoms with Gasteiger partial charge in [0.15, 0.2) is 0 Å². The maximum absolute atomic E-state index is 12.5. The number of H-pyrrole nitrogens is 1. The van der Waals surface area contributed by atoms with E-state index in [4.69, 9.17) is 15.6 Å². The van der Waals surface area contributed by atoms with Crippen molar-refractivity contribution >= 4 is 27.8 Å². The molecule has 1 fully saturated rings. The summed E-state index contributed by atoms with van der Waals surface area (Å²) in [6.45, 7) is 0. The third-order valence-corrected chi connectivity index (χ3v) is 5.00. The van der Waals surface area contributed by atoms with Crippen LogP contribution in [0.5, 0.6) is 0 Å². The van der Waals surface area contributed by atoms with Crippen molar-refractivity contribution in [1.29, 1.82) is 0 Å². The minimum absolute atomic E-state index is 0.0616. The van der Waals surface area contributed by atoms with Crippen molar-refractivity contribution in [1.82, 2.24) is 15.1 Å². The Labute approximate surface area is 166 Å². The summed E-state index contributed by atoms with van der Waals surface area (Å²) in [5.74, 6) is -2.82. The number of carboxylic acids is 1. The number of aromatic amines is 1. The van der Waals surface area contributed by atoms with Gasteiger partial charge in [-0.05, 0) is 28.8 Å². The Morgan fingerprint density at radius 1 is 1.29 bits per heavy atom. The number of nitrogens with one attached hydrogen (secondary N) is 1. The van der Waals surface area contributed by atoms with Gasteiger partial charge in [-0.3, -0.25) is 9.89 Å². The maximum atomic E-state index is 12.5. The number of carbonyl (C=O) groups excluding carboxylic acids is 1. The van der Waals surface area contributed by atoms with Gasteiger partial charge in [-0.25, -0.2) is 4.79 Å². The fraction of sp³-hybridized carbons (Fsp3) is 0.353. The molecule has 2 aromatic rings. The summed E-state index contributed by atoms with van der Waals surface area (Å²) in [4.78, 5) is 23.2. The Morgan fingerprint density at radius 2 is 1.82 bits per heavy atom. The largest absolute Gasteiger partial charge is 0.490 e. The van der Waals surface area contributed by atoms with Gasteiger partial charge in [0, 0.05) is 24.7 Å². The topological polar surface area (TPSA) is 112 Å². The van der Waals surface area contributed by atoms with Gasteiger partial charge >= 0.3 is 12.1 Å². The molecule has 4 N–H and O–H groups in total. The van der Waals surface area contributed by atoms with E-state index in [9.17, 15) is 18.0 Å². The van der Waals surface area contributed by atoms with E-state index >= 15 is 0 Å². The van der Waals surface area contributed by atoms with E-state index in [1.807, 2.05) is 37.4 Å². The minimum Gasteiger partial charge on any atom is -0.475 e. The molecule has 0 aliphatic heterocycles. The van der Waals surface area contributed by atoms with Crippen LogP contribution in [0, 0.1) is 0 Å². The number of carboxylic acid groups (broad SMARTS) is 1. The lowest BCUT2D eigenvalue weighted by Gasteiger charge is -2.39. The normalized spacial score (nSPS) is 18.5. The third kappa shape index (κ3) is 5.10. The molecule has 1 aliphatic carbocycles. The predicted molar refractivity (Wildman–Crippen MR) is 98.5 cm³/mol. The summed E-state index contributed by atoms with van der Waals surface area (Å²) < 4.78 is 32.4. The number of hydrogen-bond donors (Lipinski definition) is 3. The van der Waals surface area contributed by atoms with Gasteiger partial charge < -0.3 is 15.7 Å². The summed E-state index contributed by atoms with van der Waals surface area (Å²) in [5.41, 5.74) is 7.98. The second kappa shape index (κ2) is 8.74. The lowest BCUT2D eigenvalue weighted by Crippen LogP contribution is -2.51. The highest BCUT2D eigenvalue weighted by molar-refractivity contribution is 9.10. The third-order valence-electron chi connectivity index (χ3n) is 4.23. The number of aliphatic carboxylic acids is 1. The number of halogens is 4. The average molecular weight is 463 g/mol. The van der Waals surface area contributed by atoms with Crippen LogP contribution in [-0.2, 0) is 4.79 Å². The molecule has 0 atom stereocenters. The molecule has 1 aliphatic rings. The fourth-order valence-electron chi connectivity index (χ4n) is 2.55. The molecule has 1 amide bonds. The molecule has 1 aromatic carbocycles. The first-order valence-corrected chi connectivity index (χ1v) is 8.93. The fourth-order valence-corrected chi connectivity index (χ4v) is 3.12. The zero-order chi connectivity index (χ0) is 21.1. The van der Waals surface area contributed by atoms with Gasteiger partial charge in [0.1, 0.15) is 11.4 Å². The molecule has 11 heteroatoms. The number of benzene rings is 1. The molecular formula is C17H18BrF3N4O3. The number of nitrogens with two attached hydrogens (primary N) is 1. The second-order valence-corrected chi connectivity index (χ2v) is 7.02. The van der Waals surface area contributed by atoms with Crippen LogP contribution in [0.15, 0.2) is 34.8 Å². The van der Waals surface area contributed by atoms with Crippen LogP contribution in [-0.4, -0.2) is 57.4 Å². The summed E-state index contributed by atoms with van der Waals surface area (Å²) in [7, 11) is 1.81. The van der Waals surface area contributed by atoms with E-state index in [0.717, 1.165) is 24.1 Å². The number of carbonyl (C=O) groups is 2. The zero-order valence-corrected chi connectivity index (χ0v) is 16.3. The lowest BCUT2D eigenvalue weighted by molar-refractivity contribution is -0.192. The highest BCUT2D eigenvalue weighted by Crippen LogP contribution is 2.31. The van der Waals surface area contributed by atoms with Gasteiger partial charge in [-0.1, -0.05) is 30.3 Å². The molecule has 0 bridgehead atoms. The highest BCUT2D eigenvalue weighted by atomic mass is 79.9. The van der Waals surface area contributed by atoms with Crippen LogP contribution >= 0.6 is 15.9 Å². The summed E-state index contributed by atoms with van der Waals surface area (Å²) in [5, 5.41) is 14.2. The molecule has 0 spiro atoms. The number of hydrogen-bond acceptors (Lipinski definition) is 4. The number of rotatable bonds is 3. The molecular weight excluding hydrogens is 445 g/mol. The monoisotopic (exact) mass is 462 g/mol. The Bertz CT molecular complexity index is 836. The zero-order valence-electron chi connectivity index (χ0n) is 14.7. The van der Waals surface area contributed by atoms with E-state index in [-0.39, 0.29) is 18.0 Å². The number of alkyl halides is 3. The molecule has 1 saturated carbocycles. The van der Waals surface area contributed by atoms with Gasteiger partial charge in [0.05, 0.1) is 4.47 Å². The van der Waals surface area contributed by atoms with Crippen molar-refractivity contribution in [3.05, 3.63) is 40.5 Å². The smallest absolute Gasteiger partial charge is 0.475 e. The average Bonchev–Trinajstić information content (AvgIpc) is 2.99. The predicted octanol–water partition coefficient (Wildman–Crippen LogP) is 3.03. The van der Waals surface area contributed by atoms with Crippen LogP contribution < -0.4 is 5.73 Å². The highest BCUT2D eigenvalue weighted by Gasteiger charge is 2.38. The molecule has 0 radical (unpaired) electrons. The first kappa shape index (κ1) is 21.9. The maximum Gasteiger partial charge on any atom is 0.490 e. The van der Waals surface area contributed by atoms with Gasteiger partial charge in [-0.2, -0.15) is 18.3 Å². The quantitative estimate of drug-likeness (QED) is 0.648. The van der Waals surface area contributed by atoms with Crippen LogP contribution in [0.25, 0.3) is 11.3 Å².